The molecule has 0 atom stereocenters. The van der Waals surface area contributed by atoms with Crippen molar-refractivity contribution in [1.29, 1.82) is 0 Å². The van der Waals surface area contributed by atoms with Crippen molar-refractivity contribution in [3.05, 3.63) is 82.9 Å². The van der Waals surface area contributed by atoms with Crippen LogP contribution in [0.4, 0.5) is 0 Å². The van der Waals surface area contributed by atoms with Gasteiger partial charge in [0.05, 0.1) is 12.0 Å². The van der Waals surface area contributed by atoms with Gasteiger partial charge in [0, 0.05) is 27.9 Å². The highest BCUT2D eigenvalue weighted by molar-refractivity contribution is 7.99. The van der Waals surface area contributed by atoms with E-state index in [2.05, 4.69) is 20.7 Å². The van der Waals surface area contributed by atoms with Crippen molar-refractivity contribution >= 4 is 35.5 Å². The van der Waals surface area contributed by atoms with Crippen LogP contribution in [-0.4, -0.2) is 42.9 Å². The first-order valence-corrected chi connectivity index (χ1v) is 11.5. The molecule has 0 saturated carbocycles. The topological polar surface area (TPSA) is 113 Å². The first kappa shape index (κ1) is 23.3. The van der Waals surface area contributed by atoms with Crippen LogP contribution in [0.2, 0.25) is 5.02 Å². The van der Waals surface area contributed by atoms with Gasteiger partial charge in [0.1, 0.15) is 11.5 Å². The molecule has 0 aliphatic rings. The minimum Gasteiger partial charge on any atom is -0.508 e. The van der Waals surface area contributed by atoms with Crippen LogP contribution in [0.3, 0.4) is 0 Å². The second-order valence-electron chi connectivity index (χ2n) is 7.31. The van der Waals surface area contributed by atoms with Gasteiger partial charge in [-0.15, -0.1) is 10.2 Å². The summed E-state index contributed by atoms with van der Waals surface area (Å²) >= 11 is 7.27. The number of thioether (sulfide) groups is 1. The van der Waals surface area contributed by atoms with Crippen LogP contribution in [-0.2, 0) is 4.79 Å². The lowest BCUT2D eigenvalue weighted by Crippen LogP contribution is -2.20. The fourth-order valence-corrected chi connectivity index (χ4v) is 3.92. The van der Waals surface area contributed by atoms with Gasteiger partial charge in [0.15, 0.2) is 11.0 Å². The van der Waals surface area contributed by atoms with E-state index in [-0.39, 0.29) is 23.2 Å². The normalized spacial score (nSPS) is 11.1. The van der Waals surface area contributed by atoms with Gasteiger partial charge < -0.3 is 10.2 Å². The molecule has 0 unspecified atom stereocenters. The second kappa shape index (κ2) is 10.4. The van der Waals surface area contributed by atoms with Crippen LogP contribution in [0, 0.1) is 6.92 Å². The van der Waals surface area contributed by atoms with Gasteiger partial charge in [-0.1, -0.05) is 53.2 Å². The summed E-state index contributed by atoms with van der Waals surface area (Å²) in [6, 6.07) is 19.3. The van der Waals surface area contributed by atoms with Crippen molar-refractivity contribution in [3.8, 4) is 28.6 Å². The Kier molecular flexibility index (Phi) is 7.15. The monoisotopic (exact) mass is 493 g/mol. The Morgan fingerprint density at radius 1 is 1.09 bits per heavy atom. The molecule has 3 aromatic carbocycles. The minimum absolute atomic E-state index is 0.0402. The number of nitrogens with zero attached hydrogens (tertiary/aromatic N) is 4. The predicted octanol–water partition coefficient (Wildman–Crippen LogP) is 4.55. The third-order valence-electron chi connectivity index (χ3n) is 4.77. The van der Waals surface area contributed by atoms with Crippen LogP contribution < -0.4 is 5.43 Å². The number of rotatable bonds is 7. The maximum absolute atomic E-state index is 12.3. The molecule has 1 aromatic heterocycles. The number of halogens is 1. The molecule has 10 heteroatoms. The van der Waals surface area contributed by atoms with E-state index in [0.717, 1.165) is 16.8 Å². The van der Waals surface area contributed by atoms with E-state index in [1.807, 2.05) is 47.9 Å². The second-order valence-corrected chi connectivity index (χ2v) is 8.69. The van der Waals surface area contributed by atoms with Crippen molar-refractivity contribution in [2.24, 2.45) is 5.10 Å². The molecule has 34 heavy (non-hydrogen) atoms. The van der Waals surface area contributed by atoms with Gasteiger partial charge in [0.2, 0.25) is 0 Å². The Morgan fingerprint density at radius 3 is 2.53 bits per heavy atom. The van der Waals surface area contributed by atoms with Crippen LogP contribution in [0.5, 0.6) is 11.5 Å². The molecule has 1 amide bonds. The maximum Gasteiger partial charge on any atom is 0.250 e. The number of hydrogen-bond donors (Lipinski definition) is 3. The largest absolute Gasteiger partial charge is 0.508 e. The molecule has 4 aromatic rings. The highest BCUT2D eigenvalue weighted by Gasteiger charge is 2.17. The predicted molar refractivity (Wildman–Crippen MR) is 133 cm³/mol. The third kappa shape index (κ3) is 5.56. The van der Waals surface area contributed by atoms with Crippen LogP contribution in [0.1, 0.15) is 11.1 Å². The zero-order chi connectivity index (χ0) is 24.1. The van der Waals surface area contributed by atoms with E-state index in [1.165, 1.54) is 36.2 Å². The molecular weight excluding hydrogens is 474 g/mol. The molecule has 0 aliphatic heterocycles. The summed E-state index contributed by atoms with van der Waals surface area (Å²) in [5.74, 6) is 0.114. The van der Waals surface area contributed by atoms with Crippen molar-refractivity contribution in [2.45, 2.75) is 12.1 Å². The number of nitrogens with one attached hydrogen (secondary N) is 1. The molecule has 4 rings (SSSR count). The molecule has 172 valence electrons. The molecule has 0 spiro atoms. The number of benzene rings is 3. The summed E-state index contributed by atoms with van der Waals surface area (Å²) in [7, 11) is 0. The SMILES string of the molecule is Cc1ccc(-c2nnc(SCC(=O)NN=Cc3ccc(O)cc3O)n2-c2ccc(Cl)cc2)cc1. The minimum atomic E-state index is -0.359. The van der Waals surface area contributed by atoms with Crippen molar-refractivity contribution in [2.75, 3.05) is 5.75 Å². The molecule has 3 N–H and O–H groups in total. The number of hydrogen-bond acceptors (Lipinski definition) is 7. The Balaban J connectivity index is 1.51. The first-order valence-electron chi connectivity index (χ1n) is 10.2. The van der Waals surface area contributed by atoms with Gasteiger partial charge in [0.25, 0.3) is 5.91 Å². The zero-order valence-corrected chi connectivity index (χ0v) is 19.6. The molecule has 1 heterocycles. The number of carbonyl (C=O) groups excluding carboxylic acids is 1. The molecule has 8 nitrogen and oxygen atoms in total. The average molecular weight is 494 g/mol. The summed E-state index contributed by atoms with van der Waals surface area (Å²) < 4.78 is 1.87. The van der Waals surface area contributed by atoms with Crippen molar-refractivity contribution < 1.29 is 15.0 Å². The quantitative estimate of drug-likeness (QED) is 0.198. The molecule has 0 bridgehead atoms. The summed E-state index contributed by atoms with van der Waals surface area (Å²) in [4.78, 5) is 12.3. The van der Waals surface area contributed by atoms with E-state index in [1.54, 1.807) is 12.1 Å². The van der Waals surface area contributed by atoms with E-state index in [9.17, 15) is 15.0 Å². The summed E-state index contributed by atoms with van der Waals surface area (Å²) in [6.07, 6.45) is 1.29. The summed E-state index contributed by atoms with van der Waals surface area (Å²) in [5, 5.41) is 32.8. The van der Waals surface area contributed by atoms with Crippen molar-refractivity contribution in [1.82, 2.24) is 20.2 Å². The first-order chi connectivity index (χ1) is 16.4. The molecule has 0 aliphatic carbocycles. The van der Waals surface area contributed by atoms with Gasteiger partial charge in [-0.3, -0.25) is 9.36 Å². The molecule has 0 radical (unpaired) electrons. The van der Waals surface area contributed by atoms with Gasteiger partial charge in [-0.05, 0) is 43.3 Å². The highest BCUT2D eigenvalue weighted by Crippen LogP contribution is 2.29. The van der Waals surface area contributed by atoms with E-state index in [0.29, 0.717) is 21.6 Å². The summed E-state index contributed by atoms with van der Waals surface area (Å²) in [5.41, 5.74) is 5.61. The molecule has 0 fully saturated rings. The van der Waals surface area contributed by atoms with Crippen LogP contribution >= 0.6 is 23.4 Å². The Bertz CT molecular complexity index is 1340. The average Bonchev–Trinajstić information content (AvgIpc) is 3.24. The molecular formula is C24H20ClN5O3S. The Morgan fingerprint density at radius 2 is 1.82 bits per heavy atom. The van der Waals surface area contributed by atoms with Gasteiger partial charge in [-0.2, -0.15) is 5.10 Å². The standard InChI is InChI=1S/C24H20ClN5O3S/c1-15-2-4-16(5-3-15)23-28-29-24(30(23)19-9-7-18(25)8-10-19)34-14-22(33)27-26-13-17-6-11-20(31)12-21(17)32/h2-13,31-32H,14H2,1H3,(H,27,33). The zero-order valence-electron chi connectivity index (χ0n) is 18.0. The number of phenolic OH excluding ortho intramolecular Hbond substituents is 2. The third-order valence-corrected chi connectivity index (χ3v) is 5.95. The number of hydrazone groups is 1. The fourth-order valence-electron chi connectivity index (χ4n) is 3.05. The molecule has 0 saturated heterocycles. The van der Waals surface area contributed by atoms with E-state index >= 15 is 0 Å². The Hall–Kier alpha value is -3.82. The fraction of sp³-hybridized carbons (Fsp3) is 0.0833. The lowest BCUT2D eigenvalue weighted by atomic mass is 10.1. The maximum atomic E-state index is 12.3. The van der Waals surface area contributed by atoms with Gasteiger partial charge >= 0.3 is 0 Å². The summed E-state index contributed by atoms with van der Waals surface area (Å²) in [6.45, 7) is 2.01. The van der Waals surface area contributed by atoms with Crippen LogP contribution in [0.25, 0.3) is 17.1 Å². The number of phenols is 2. The Labute approximate surface area is 204 Å². The number of aryl methyl sites for hydroxylation is 1. The number of carbonyl (C=O) groups is 1. The van der Waals surface area contributed by atoms with E-state index < -0.39 is 0 Å². The van der Waals surface area contributed by atoms with Gasteiger partial charge in [-0.25, -0.2) is 5.43 Å². The lowest BCUT2D eigenvalue weighted by molar-refractivity contribution is -0.118. The lowest BCUT2D eigenvalue weighted by Gasteiger charge is -2.10. The van der Waals surface area contributed by atoms with Crippen molar-refractivity contribution in [3.63, 3.8) is 0 Å². The number of amides is 1. The number of aromatic hydroxyl groups is 2. The number of aromatic nitrogens is 3. The van der Waals surface area contributed by atoms with Crippen LogP contribution in [0.15, 0.2) is 77.0 Å². The smallest absolute Gasteiger partial charge is 0.250 e. The highest BCUT2D eigenvalue weighted by atomic mass is 35.5. The van der Waals surface area contributed by atoms with E-state index in [4.69, 9.17) is 11.6 Å².